The van der Waals surface area contributed by atoms with Crippen LogP contribution in [0.1, 0.15) is 49.7 Å². The molecule has 3 nitrogen and oxygen atoms in total. The second kappa shape index (κ2) is 5.24. The van der Waals surface area contributed by atoms with Crippen LogP contribution in [-0.2, 0) is 17.9 Å². The van der Waals surface area contributed by atoms with Crippen molar-refractivity contribution in [3.63, 3.8) is 0 Å². The average molecular weight is 258 g/mol. The summed E-state index contributed by atoms with van der Waals surface area (Å²) in [6.07, 6.45) is 7.16. The highest BCUT2D eigenvalue weighted by atomic mass is 16.2. The monoisotopic (exact) mass is 258 g/mol. The van der Waals surface area contributed by atoms with Gasteiger partial charge in [0.15, 0.2) is 0 Å². The zero-order valence-corrected chi connectivity index (χ0v) is 11.4. The van der Waals surface area contributed by atoms with Gasteiger partial charge in [-0.15, -0.1) is 0 Å². The van der Waals surface area contributed by atoms with Gasteiger partial charge in [-0.1, -0.05) is 25.3 Å². The maximum Gasteiger partial charge on any atom is 0.223 e. The number of nitrogens with two attached hydrogens (primary N) is 1. The van der Waals surface area contributed by atoms with Crippen LogP contribution in [-0.4, -0.2) is 10.8 Å². The Balaban J connectivity index is 1.60. The van der Waals surface area contributed by atoms with Gasteiger partial charge in [0.25, 0.3) is 0 Å². The maximum absolute atomic E-state index is 12.4. The highest BCUT2D eigenvalue weighted by molar-refractivity contribution is 5.77. The van der Waals surface area contributed by atoms with E-state index in [9.17, 15) is 4.79 Å². The Hall–Kier alpha value is -1.51. The number of hydrogen-bond acceptors (Lipinski definition) is 2. The predicted octanol–water partition coefficient (Wildman–Crippen LogP) is 3.08. The lowest BCUT2D eigenvalue weighted by atomic mass is 9.87. The summed E-state index contributed by atoms with van der Waals surface area (Å²) in [7, 11) is 0. The van der Waals surface area contributed by atoms with Gasteiger partial charge in [0.1, 0.15) is 0 Å². The minimum atomic E-state index is 0.321. The molecule has 1 fully saturated rings. The number of nitrogens with zero attached hydrogens (tertiary/aromatic N) is 1. The van der Waals surface area contributed by atoms with E-state index < -0.39 is 0 Å². The molecule has 1 aromatic rings. The van der Waals surface area contributed by atoms with Crippen molar-refractivity contribution in [2.75, 3.05) is 5.73 Å². The van der Waals surface area contributed by atoms with Crippen molar-refractivity contribution in [1.82, 2.24) is 4.90 Å². The van der Waals surface area contributed by atoms with E-state index in [1.165, 1.54) is 43.2 Å². The highest BCUT2D eigenvalue weighted by Crippen LogP contribution is 2.30. The number of carbonyl (C=O) groups is 1. The molecule has 1 aliphatic heterocycles. The summed E-state index contributed by atoms with van der Waals surface area (Å²) >= 11 is 0. The van der Waals surface area contributed by atoms with Gasteiger partial charge in [0, 0.05) is 25.2 Å². The molecule has 102 valence electrons. The molecule has 2 aliphatic rings. The quantitative estimate of drug-likeness (QED) is 0.829. The number of carbonyl (C=O) groups excluding carboxylic acids is 1. The molecule has 0 saturated heterocycles. The van der Waals surface area contributed by atoms with Crippen LogP contribution in [0.3, 0.4) is 0 Å². The molecule has 0 unspecified atom stereocenters. The lowest BCUT2D eigenvalue weighted by Gasteiger charge is -2.23. The number of fused-ring (bicyclic) bond motifs is 1. The summed E-state index contributed by atoms with van der Waals surface area (Å²) in [6.45, 7) is 1.51. The molecule has 3 rings (SSSR count). The maximum atomic E-state index is 12.4. The summed E-state index contributed by atoms with van der Waals surface area (Å²) < 4.78 is 0. The Morgan fingerprint density at radius 1 is 1.16 bits per heavy atom. The minimum Gasteiger partial charge on any atom is -0.399 e. The number of amides is 1. The Kier molecular flexibility index (Phi) is 3.45. The van der Waals surface area contributed by atoms with E-state index in [0.717, 1.165) is 25.2 Å². The zero-order valence-electron chi connectivity index (χ0n) is 11.4. The fourth-order valence-electron chi connectivity index (χ4n) is 3.36. The molecule has 1 aliphatic carbocycles. The number of nitrogen functional groups attached to an aromatic ring is 1. The van der Waals surface area contributed by atoms with E-state index in [1.54, 1.807) is 0 Å². The predicted molar refractivity (Wildman–Crippen MR) is 76.3 cm³/mol. The van der Waals surface area contributed by atoms with Crippen LogP contribution < -0.4 is 5.73 Å². The van der Waals surface area contributed by atoms with Gasteiger partial charge >= 0.3 is 0 Å². The van der Waals surface area contributed by atoms with E-state index >= 15 is 0 Å². The molecule has 1 aromatic carbocycles. The molecule has 3 heteroatoms. The fraction of sp³-hybridized carbons (Fsp3) is 0.562. The van der Waals surface area contributed by atoms with Gasteiger partial charge in [-0.2, -0.15) is 0 Å². The van der Waals surface area contributed by atoms with E-state index in [0.29, 0.717) is 11.8 Å². The lowest BCUT2D eigenvalue weighted by molar-refractivity contribution is -0.133. The van der Waals surface area contributed by atoms with Crippen LogP contribution in [0.4, 0.5) is 5.69 Å². The van der Waals surface area contributed by atoms with Crippen molar-refractivity contribution in [1.29, 1.82) is 0 Å². The summed E-state index contributed by atoms with van der Waals surface area (Å²) in [4.78, 5) is 14.3. The Morgan fingerprint density at radius 2 is 1.89 bits per heavy atom. The third-order valence-electron chi connectivity index (χ3n) is 4.49. The fourth-order valence-corrected chi connectivity index (χ4v) is 3.36. The van der Waals surface area contributed by atoms with Crippen LogP contribution in [0.5, 0.6) is 0 Å². The second-order valence-corrected chi connectivity index (χ2v) is 5.99. The van der Waals surface area contributed by atoms with Gasteiger partial charge < -0.3 is 10.6 Å². The van der Waals surface area contributed by atoms with Crippen molar-refractivity contribution in [3.05, 3.63) is 29.3 Å². The Bertz CT molecular complexity index is 478. The smallest absolute Gasteiger partial charge is 0.223 e. The SMILES string of the molecule is Nc1ccc2c(c1)CN(C(=O)CC1CCCCC1)C2. The summed E-state index contributed by atoms with van der Waals surface area (Å²) in [6, 6.07) is 5.98. The van der Waals surface area contributed by atoms with Crippen LogP contribution in [0.15, 0.2) is 18.2 Å². The minimum absolute atomic E-state index is 0.321. The van der Waals surface area contributed by atoms with Crippen LogP contribution in [0, 0.1) is 5.92 Å². The van der Waals surface area contributed by atoms with Crippen LogP contribution in [0.2, 0.25) is 0 Å². The molecule has 19 heavy (non-hydrogen) atoms. The third-order valence-corrected chi connectivity index (χ3v) is 4.49. The molecule has 0 spiro atoms. The molecule has 0 radical (unpaired) electrons. The molecule has 1 saturated carbocycles. The molecule has 0 bridgehead atoms. The molecule has 0 aromatic heterocycles. The average Bonchev–Trinajstić information content (AvgIpc) is 2.83. The Labute approximate surface area is 114 Å². The topological polar surface area (TPSA) is 46.3 Å². The highest BCUT2D eigenvalue weighted by Gasteiger charge is 2.26. The van der Waals surface area contributed by atoms with Gasteiger partial charge in [-0.3, -0.25) is 4.79 Å². The van der Waals surface area contributed by atoms with Gasteiger partial charge in [0.05, 0.1) is 0 Å². The summed E-state index contributed by atoms with van der Waals surface area (Å²) in [5, 5.41) is 0. The van der Waals surface area contributed by atoms with E-state index in [-0.39, 0.29) is 0 Å². The van der Waals surface area contributed by atoms with Gasteiger partial charge in [-0.25, -0.2) is 0 Å². The number of anilines is 1. The first-order valence-electron chi connectivity index (χ1n) is 7.37. The molecular formula is C16H22N2O. The molecule has 1 heterocycles. The number of hydrogen-bond donors (Lipinski definition) is 1. The zero-order chi connectivity index (χ0) is 13.2. The summed E-state index contributed by atoms with van der Waals surface area (Å²) in [5.74, 6) is 0.941. The van der Waals surface area contributed by atoms with Gasteiger partial charge in [0.2, 0.25) is 5.91 Å². The molecule has 1 amide bonds. The first-order chi connectivity index (χ1) is 9.22. The lowest BCUT2D eigenvalue weighted by Crippen LogP contribution is -2.27. The third kappa shape index (κ3) is 2.75. The number of rotatable bonds is 2. The van der Waals surface area contributed by atoms with Gasteiger partial charge in [-0.05, 0) is 42.0 Å². The van der Waals surface area contributed by atoms with Crippen molar-refractivity contribution < 1.29 is 4.79 Å². The largest absolute Gasteiger partial charge is 0.399 e. The van der Waals surface area contributed by atoms with Crippen molar-refractivity contribution in [2.24, 2.45) is 5.92 Å². The van der Waals surface area contributed by atoms with Crippen LogP contribution in [0.25, 0.3) is 0 Å². The standard InChI is InChI=1S/C16H22N2O/c17-15-7-6-13-10-18(11-14(13)9-15)16(19)8-12-4-2-1-3-5-12/h6-7,9,12H,1-5,8,10-11,17H2. The van der Waals surface area contributed by atoms with Crippen molar-refractivity contribution >= 4 is 11.6 Å². The Morgan fingerprint density at radius 3 is 2.68 bits per heavy atom. The van der Waals surface area contributed by atoms with Crippen molar-refractivity contribution in [2.45, 2.75) is 51.6 Å². The second-order valence-electron chi connectivity index (χ2n) is 5.99. The molecule has 0 atom stereocenters. The van der Waals surface area contributed by atoms with Crippen LogP contribution >= 0.6 is 0 Å². The number of benzene rings is 1. The first-order valence-corrected chi connectivity index (χ1v) is 7.37. The van der Waals surface area contributed by atoms with E-state index in [2.05, 4.69) is 6.07 Å². The van der Waals surface area contributed by atoms with Crippen molar-refractivity contribution in [3.8, 4) is 0 Å². The molecular weight excluding hydrogens is 236 g/mol. The van der Waals surface area contributed by atoms with E-state index in [1.807, 2.05) is 17.0 Å². The van der Waals surface area contributed by atoms with E-state index in [4.69, 9.17) is 5.73 Å². The first kappa shape index (κ1) is 12.5. The normalized spacial score (nSPS) is 19.5. The summed E-state index contributed by atoms with van der Waals surface area (Å²) in [5.41, 5.74) is 9.07. The molecule has 2 N–H and O–H groups in total.